The van der Waals surface area contributed by atoms with E-state index in [1.807, 2.05) is 0 Å². The molecular weight excluding hydrogens is 1670 g/mol. The molecular formula is C83H92N6O35S. The van der Waals surface area contributed by atoms with E-state index in [2.05, 4.69) is 31.9 Å². The summed E-state index contributed by atoms with van der Waals surface area (Å²) >= 11 is 0. The minimum Gasteiger partial charge on any atom is -0.463 e. The molecule has 4 fully saturated rings. The number of hydrogen-bond acceptors (Lipinski definition) is 35. The van der Waals surface area contributed by atoms with Crippen molar-refractivity contribution in [1.82, 2.24) is 31.9 Å². The van der Waals surface area contributed by atoms with Gasteiger partial charge in [0.2, 0.25) is 0 Å². The van der Waals surface area contributed by atoms with E-state index >= 15 is 4.79 Å². The van der Waals surface area contributed by atoms with Crippen LogP contribution in [0, 0.1) is 6.92 Å². The zero-order valence-corrected chi connectivity index (χ0v) is 69.1. The van der Waals surface area contributed by atoms with E-state index in [-0.39, 0.29) is 33.6 Å². The van der Waals surface area contributed by atoms with Crippen molar-refractivity contribution in [2.75, 3.05) is 26.3 Å². The Morgan fingerprint density at radius 3 is 1.27 bits per heavy atom. The zero-order valence-electron chi connectivity index (χ0n) is 68.3. The van der Waals surface area contributed by atoms with E-state index in [0.717, 1.165) is 48.5 Å². The average Bonchev–Trinajstić information content (AvgIpc) is 1.75. The number of aryl methyl sites for hydroxylation is 1. The van der Waals surface area contributed by atoms with Crippen molar-refractivity contribution in [3.8, 4) is 28.7 Å². The Hall–Kier alpha value is -12.9. The van der Waals surface area contributed by atoms with Crippen LogP contribution in [0.25, 0.3) is 0 Å². The number of hydrogen-bond donors (Lipinski definition) is 7. The Morgan fingerprint density at radius 2 is 0.792 bits per heavy atom. The number of rotatable bonds is 33. The van der Waals surface area contributed by atoms with Crippen molar-refractivity contribution in [3.63, 3.8) is 0 Å². The molecule has 0 bridgehead atoms. The molecule has 41 nitrogen and oxygen atoms in total. The molecule has 3 saturated heterocycles. The van der Waals surface area contributed by atoms with Crippen LogP contribution in [-0.2, 0) is 114 Å². The second-order valence-corrected chi connectivity index (χ2v) is 29.9. The van der Waals surface area contributed by atoms with Crippen LogP contribution in [-0.4, -0.2) is 240 Å². The summed E-state index contributed by atoms with van der Waals surface area (Å²) in [7, 11) is -4.81. The van der Waals surface area contributed by atoms with Gasteiger partial charge in [0.1, 0.15) is 90.2 Å². The van der Waals surface area contributed by atoms with Crippen molar-refractivity contribution in [2.45, 2.75) is 196 Å². The third kappa shape index (κ3) is 28.0. The molecule has 0 unspecified atom stereocenters. The predicted octanol–water partition coefficient (Wildman–Crippen LogP) is 4.87. The minimum atomic E-state index is -4.81. The highest BCUT2D eigenvalue weighted by Crippen LogP contribution is 2.40. The van der Waals surface area contributed by atoms with Gasteiger partial charge < -0.3 is 122 Å². The minimum absolute atomic E-state index is 0.0567. The molecule has 3 heterocycles. The first-order valence-electron chi connectivity index (χ1n) is 38.9. The molecule has 6 amide bonds. The fourth-order valence-corrected chi connectivity index (χ4v) is 14.5. The van der Waals surface area contributed by atoms with Gasteiger partial charge in [-0.05, 0) is 86.1 Å². The lowest BCUT2D eigenvalue weighted by atomic mass is 9.82. The van der Waals surface area contributed by atoms with Crippen LogP contribution in [0.4, 0.5) is 24.0 Å². The molecule has 0 spiro atoms. The van der Waals surface area contributed by atoms with Crippen molar-refractivity contribution >= 4 is 88.3 Å². The smallest absolute Gasteiger partial charge is 0.413 e. The van der Waals surface area contributed by atoms with Gasteiger partial charge in [0, 0.05) is 61.4 Å². The molecule has 7 N–H and O–H groups in total. The van der Waals surface area contributed by atoms with E-state index in [9.17, 15) is 71.1 Å². The molecule has 1 aliphatic carbocycles. The highest BCUT2D eigenvalue weighted by Gasteiger charge is 2.61. The summed E-state index contributed by atoms with van der Waals surface area (Å²) in [4.78, 5) is 180. The van der Waals surface area contributed by atoms with Gasteiger partial charge in [-0.25, -0.2) is 24.0 Å². The quantitative estimate of drug-likeness (QED) is 0.0164. The fourth-order valence-electron chi connectivity index (χ4n) is 13.6. The van der Waals surface area contributed by atoms with Gasteiger partial charge in [0.15, 0.2) is 55.5 Å². The average molecular weight is 1770 g/mol. The second kappa shape index (κ2) is 44.9. The van der Waals surface area contributed by atoms with Crippen LogP contribution in [0.1, 0.15) is 66.9 Å². The highest BCUT2D eigenvalue weighted by molar-refractivity contribution is 7.86. The summed E-state index contributed by atoms with van der Waals surface area (Å²) in [6.45, 7) is 4.95. The largest absolute Gasteiger partial charge is 0.463 e. The number of aliphatic hydroxyl groups excluding tert-OH is 1. The first kappa shape index (κ1) is 94.3. The van der Waals surface area contributed by atoms with Gasteiger partial charge in [-0.2, -0.15) is 8.42 Å². The summed E-state index contributed by atoms with van der Waals surface area (Å²) in [6.07, 6.45) is -41.1. The molecule has 6 aromatic rings. The van der Waals surface area contributed by atoms with Crippen LogP contribution < -0.4 is 55.6 Å². The summed E-state index contributed by atoms with van der Waals surface area (Å²) in [6, 6.07) is 35.0. The third-order valence-corrected chi connectivity index (χ3v) is 20.1. The summed E-state index contributed by atoms with van der Waals surface area (Å²) in [5, 5.41) is 27.7. The molecule has 3 aliphatic heterocycles. The summed E-state index contributed by atoms with van der Waals surface area (Å²) in [5.41, 5.74) is 0.645. The fraction of sp³-hybridized carbons (Fsp3) is 0.410. The number of benzene rings is 6. The number of para-hydroxylation sites is 5. The number of carbonyl (C=O) groups is 13. The topological polar surface area (TPSA) is 524 Å². The molecule has 670 valence electrons. The van der Waals surface area contributed by atoms with Crippen LogP contribution in [0.15, 0.2) is 181 Å². The van der Waals surface area contributed by atoms with Crippen LogP contribution in [0.2, 0.25) is 0 Å². The Labute approximate surface area is 714 Å². The highest BCUT2D eigenvalue weighted by atomic mass is 32.2. The van der Waals surface area contributed by atoms with Crippen molar-refractivity contribution < 1.29 is 165 Å². The zero-order chi connectivity index (χ0) is 90.0. The molecule has 0 radical (unpaired) electrons. The number of aliphatic hydroxyl groups is 1. The van der Waals surface area contributed by atoms with Gasteiger partial charge in [-0.3, -0.25) is 42.5 Å². The first-order chi connectivity index (χ1) is 59.7. The molecule has 1 saturated carbocycles. The van der Waals surface area contributed by atoms with Gasteiger partial charge in [0.05, 0.1) is 30.1 Å². The third-order valence-electron chi connectivity index (χ3n) is 18.8. The Kier molecular flexibility index (Phi) is 33.9. The lowest BCUT2D eigenvalue weighted by Crippen LogP contribution is -2.71. The van der Waals surface area contributed by atoms with Gasteiger partial charge >= 0.3 is 72.3 Å². The van der Waals surface area contributed by atoms with E-state index in [4.69, 9.17) is 89.4 Å². The van der Waals surface area contributed by atoms with Crippen LogP contribution in [0.3, 0.4) is 0 Å². The molecule has 0 aromatic heterocycles. The standard InChI is InChI=1S/C83H92N6O35S/c1-44-34-36-57(37-35-44)125(104,105)107-43-62-66(97)71(111-49(6)94)64(88-82(102)117-55-30-20-12-21-31-55)76(120-62)122-68-59(87-81(101)116-54-28-18-11-19-29-54)40-58(86-75(98)60(108-46(3)91)38-39-84-79(99)114-52-24-14-9-15-25-52)67(109-47(4)92)73(68)124-78-74(113-51(8)96)70(63(121-78)42-106-45(2)90)123-77-65(89-83(103)118-56-32-22-13-23-33-56)72(112-50(7)95)69(110-48(5)93)61(119-77)41-85-80(100)115-53-26-16-10-17-27-53/h9-37,58-74,76-78,97H,38-43H2,1-8H3,(H,84,99)(H,85,100)(H,86,98)(H,87,101)(H,88,102)(H,89,103)/t58-,59+,60-,61+,62-,63-,64-,65-,66-,67+,68-,69-,70-,71-,72-,73-,74-,76-,77-,78+/m1/s1. The molecule has 4 aliphatic rings. The first-order valence-corrected chi connectivity index (χ1v) is 40.3. The Bertz CT molecular complexity index is 4820. The molecule has 42 heteroatoms. The number of amides is 6. The van der Waals surface area contributed by atoms with Crippen molar-refractivity contribution in [3.05, 3.63) is 181 Å². The van der Waals surface area contributed by atoms with E-state index in [1.54, 1.807) is 61.5 Å². The normalized spacial score (nSPS) is 25.2. The van der Waals surface area contributed by atoms with Crippen LogP contribution in [0.5, 0.6) is 28.7 Å². The van der Waals surface area contributed by atoms with Gasteiger partial charge in [-0.15, -0.1) is 0 Å². The lowest BCUT2D eigenvalue weighted by Gasteiger charge is -2.50. The van der Waals surface area contributed by atoms with E-state index in [0.29, 0.717) is 5.56 Å². The summed E-state index contributed by atoms with van der Waals surface area (Å²) in [5.74, 6) is -9.01. The number of nitrogens with one attached hydrogen (secondary N) is 6. The van der Waals surface area contributed by atoms with E-state index < -0.39 is 250 Å². The monoisotopic (exact) mass is 1760 g/mol. The number of ether oxygens (including phenoxy) is 18. The maximum Gasteiger partial charge on any atom is 0.413 e. The SMILES string of the molecule is CC(=O)OC[C@H]1O[C@@H](O[C@@H]2[C@@H](OC(C)=O)[C@H](NC(=O)[C@@H](CCNC(=O)Oc3ccccc3)OC(C)=O)C[C@H](NC(=O)Oc3ccccc3)[C@H]2O[C@H]2O[C@H](COS(=O)(=O)c3ccc(C)cc3)[C@@H](O)[C@H](OC(C)=O)[C@H]2NC(=O)Oc2ccccc2)[C@H](OC(C)=O)[C@@H]1O[C@H]1O[C@@H](CNC(=O)Oc2ccccc2)[C@@H](OC(C)=O)[C@H](OC(C)=O)[C@H]1NC(=O)Oc1ccccc1. The van der Waals surface area contributed by atoms with Gasteiger partial charge in [0.25, 0.3) is 16.0 Å². The Morgan fingerprint density at radius 1 is 0.392 bits per heavy atom. The van der Waals surface area contributed by atoms with Crippen molar-refractivity contribution in [2.24, 2.45) is 0 Å². The number of carbonyl (C=O) groups excluding carboxylic acids is 13. The second-order valence-electron chi connectivity index (χ2n) is 28.3. The maximum absolute atomic E-state index is 15.2. The molecule has 20 atom stereocenters. The van der Waals surface area contributed by atoms with Crippen LogP contribution >= 0.6 is 0 Å². The van der Waals surface area contributed by atoms with E-state index in [1.165, 1.54) is 121 Å². The lowest BCUT2D eigenvalue weighted by molar-refractivity contribution is -0.315. The molecule has 10 rings (SSSR count). The summed E-state index contributed by atoms with van der Waals surface area (Å²) < 4.78 is 143. The number of esters is 7. The predicted molar refractivity (Wildman–Crippen MR) is 421 cm³/mol. The maximum atomic E-state index is 15.2. The molecule has 6 aromatic carbocycles. The Balaban J connectivity index is 1.14. The van der Waals surface area contributed by atoms with Crippen molar-refractivity contribution in [1.29, 1.82) is 0 Å². The molecule has 125 heavy (non-hydrogen) atoms. The van der Waals surface area contributed by atoms with Gasteiger partial charge in [-0.1, -0.05) is 109 Å².